The lowest BCUT2D eigenvalue weighted by atomic mass is 10.1. The lowest BCUT2D eigenvalue weighted by molar-refractivity contribution is 0.0729. The second kappa shape index (κ2) is 4.70. The topological polar surface area (TPSA) is 46.5 Å². The Labute approximate surface area is 99.3 Å². The van der Waals surface area contributed by atoms with Crippen molar-refractivity contribution in [2.24, 2.45) is 0 Å². The molecule has 3 nitrogen and oxygen atoms in total. The molecule has 0 atom stereocenters. The van der Waals surface area contributed by atoms with E-state index in [2.05, 4.69) is 0 Å². The maximum absolute atomic E-state index is 11.7. The van der Waals surface area contributed by atoms with Crippen molar-refractivity contribution in [3.8, 4) is 11.5 Å². The molecule has 1 N–H and O–H groups in total. The molecule has 0 aliphatic heterocycles. The minimum Gasteiger partial charge on any atom is -0.504 e. The van der Waals surface area contributed by atoms with Crippen molar-refractivity contribution in [2.75, 3.05) is 0 Å². The average molecular weight is 228 g/mol. The lowest BCUT2D eigenvalue weighted by Crippen LogP contribution is -2.08. The summed E-state index contributed by atoms with van der Waals surface area (Å²) in [5.41, 5.74) is 1.53. The van der Waals surface area contributed by atoms with Crippen molar-refractivity contribution in [3.05, 3.63) is 59.7 Å². The number of hydrogen-bond donors (Lipinski definition) is 1. The molecule has 2 aromatic rings. The number of para-hydroxylation sites is 2. The molecule has 0 saturated carbocycles. The van der Waals surface area contributed by atoms with Gasteiger partial charge >= 0.3 is 5.97 Å². The smallest absolute Gasteiger partial charge is 0.343 e. The third kappa shape index (κ3) is 2.64. The van der Waals surface area contributed by atoms with Crippen molar-refractivity contribution >= 4 is 5.97 Å². The number of carbonyl (C=O) groups excluding carboxylic acids is 1. The highest BCUT2D eigenvalue weighted by Crippen LogP contribution is 2.25. The van der Waals surface area contributed by atoms with E-state index >= 15 is 0 Å². The first kappa shape index (κ1) is 11.2. The molecule has 2 rings (SSSR count). The van der Waals surface area contributed by atoms with E-state index in [-0.39, 0.29) is 11.5 Å². The predicted molar refractivity (Wildman–Crippen MR) is 64.2 cm³/mol. The number of hydrogen-bond acceptors (Lipinski definition) is 3. The van der Waals surface area contributed by atoms with Gasteiger partial charge in [0.2, 0.25) is 0 Å². The Hall–Kier alpha value is -2.29. The quantitative estimate of drug-likeness (QED) is 0.635. The maximum Gasteiger partial charge on any atom is 0.343 e. The Balaban J connectivity index is 2.17. The zero-order valence-electron chi connectivity index (χ0n) is 9.38. The van der Waals surface area contributed by atoms with Crippen LogP contribution in [0.15, 0.2) is 48.5 Å². The first-order chi connectivity index (χ1) is 8.16. The number of rotatable bonds is 2. The summed E-state index contributed by atoms with van der Waals surface area (Å²) in [4.78, 5) is 11.7. The molecule has 0 heterocycles. The summed E-state index contributed by atoms with van der Waals surface area (Å²) in [5.74, 6) is -0.363. The van der Waals surface area contributed by atoms with E-state index in [1.54, 1.807) is 30.3 Å². The number of benzene rings is 2. The van der Waals surface area contributed by atoms with Gasteiger partial charge in [0.1, 0.15) is 0 Å². The van der Waals surface area contributed by atoms with E-state index in [0.717, 1.165) is 5.56 Å². The van der Waals surface area contributed by atoms with Crippen molar-refractivity contribution < 1.29 is 14.6 Å². The molecule has 0 radical (unpaired) electrons. The van der Waals surface area contributed by atoms with Crippen LogP contribution < -0.4 is 4.74 Å². The fourth-order valence-electron chi connectivity index (χ4n) is 1.39. The molecule has 0 unspecified atom stereocenters. The van der Waals surface area contributed by atoms with Crippen LogP contribution in [0.3, 0.4) is 0 Å². The first-order valence-corrected chi connectivity index (χ1v) is 5.23. The monoisotopic (exact) mass is 228 g/mol. The Kier molecular flexibility index (Phi) is 3.10. The normalized spacial score (nSPS) is 9.94. The van der Waals surface area contributed by atoms with E-state index in [4.69, 9.17) is 4.74 Å². The summed E-state index contributed by atoms with van der Waals surface area (Å²) in [6.45, 7) is 1.94. The highest BCUT2D eigenvalue weighted by Gasteiger charge is 2.10. The van der Waals surface area contributed by atoms with Crippen molar-refractivity contribution in [2.45, 2.75) is 6.92 Å². The summed E-state index contributed by atoms with van der Waals surface area (Å²) in [6.07, 6.45) is 0. The molecular formula is C14H12O3. The minimum absolute atomic E-state index is 0.0482. The van der Waals surface area contributed by atoms with Crippen LogP contribution in [-0.4, -0.2) is 11.1 Å². The van der Waals surface area contributed by atoms with Crippen molar-refractivity contribution in [1.29, 1.82) is 0 Å². The van der Waals surface area contributed by atoms with E-state index in [1.165, 1.54) is 6.07 Å². The van der Waals surface area contributed by atoms with Gasteiger partial charge in [-0.3, -0.25) is 0 Å². The fourth-order valence-corrected chi connectivity index (χ4v) is 1.39. The molecule has 86 valence electrons. The molecule has 0 fully saturated rings. The molecule has 0 amide bonds. The second-order valence-corrected chi connectivity index (χ2v) is 3.72. The van der Waals surface area contributed by atoms with Crippen molar-refractivity contribution in [1.82, 2.24) is 0 Å². The van der Waals surface area contributed by atoms with E-state index in [1.807, 2.05) is 19.1 Å². The Morgan fingerprint density at radius 2 is 1.71 bits per heavy atom. The minimum atomic E-state index is -0.480. The van der Waals surface area contributed by atoms with Gasteiger partial charge in [0.25, 0.3) is 0 Å². The number of esters is 1. The van der Waals surface area contributed by atoms with E-state index < -0.39 is 5.97 Å². The first-order valence-electron chi connectivity index (χ1n) is 5.23. The lowest BCUT2D eigenvalue weighted by Gasteiger charge is -2.05. The van der Waals surface area contributed by atoms with Crippen LogP contribution in [0.5, 0.6) is 11.5 Å². The summed E-state index contributed by atoms with van der Waals surface area (Å²) in [5, 5.41) is 9.47. The van der Waals surface area contributed by atoms with Crippen LogP contribution in [0.2, 0.25) is 0 Å². The SMILES string of the molecule is Cc1ccc(C(=O)Oc2ccccc2O)cc1. The van der Waals surface area contributed by atoms with Gasteiger partial charge in [-0.05, 0) is 31.2 Å². The molecular weight excluding hydrogens is 216 g/mol. The number of ether oxygens (including phenoxy) is 1. The maximum atomic E-state index is 11.7. The van der Waals surface area contributed by atoms with Crippen LogP contribution in [0.25, 0.3) is 0 Å². The summed E-state index contributed by atoms with van der Waals surface area (Å²) in [6, 6.07) is 13.4. The van der Waals surface area contributed by atoms with Gasteiger partial charge in [0.05, 0.1) is 5.56 Å². The summed E-state index contributed by atoms with van der Waals surface area (Å²) < 4.78 is 5.08. The number of aromatic hydroxyl groups is 1. The molecule has 0 aliphatic rings. The molecule has 0 aliphatic carbocycles. The Morgan fingerprint density at radius 3 is 2.35 bits per heavy atom. The number of phenolic OH excluding ortho intramolecular Hbond substituents is 1. The van der Waals surface area contributed by atoms with Crippen LogP contribution in [0.4, 0.5) is 0 Å². The Bertz CT molecular complexity index is 529. The van der Waals surface area contributed by atoms with E-state index in [9.17, 15) is 9.90 Å². The second-order valence-electron chi connectivity index (χ2n) is 3.72. The zero-order valence-corrected chi connectivity index (χ0v) is 9.38. The molecule has 0 bridgehead atoms. The Morgan fingerprint density at radius 1 is 1.06 bits per heavy atom. The van der Waals surface area contributed by atoms with Gasteiger partial charge in [-0.25, -0.2) is 4.79 Å². The van der Waals surface area contributed by atoms with Gasteiger partial charge < -0.3 is 9.84 Å². The predicted octanol–water partition coefficient (Wildman–Crippen LogP) is 2.92. The molecule has 0 spiro atoms. The van der Waals surface area contributed by atoms with Crippen LogP contribution in [0, 0.1) is 6.92 Å². The molecule has 0 saturated heterocycles. The standard InChI is InChI=1S/C14H12O3/c1-10-6-8-11(9-7-10)14(16)17-13-5-3-2-4-12(13)15/h2-9,15H,1H3. The van der Waals surface area contributed by atoms with Crippen LogP contribution in [-0.2, 0) is 0 Å². The summed E-state index contributed by atoms with van der Waals surface area (Å²) in [7, 11) is 0. The van der Waals surface area contributed by atoms with Crippen LogP contribution >= 0.6 is 0 Å². The molecule has 2 aromatic carbocycles. The summed E-state index contributed by atoms with van der Waals surface area (Å²) >= 11 is 0. The largest absolute Gasteiger partial charge is 0.504 e. The third-order valence-electron chi connectivity index (χ3n) is 2.36. The third-order valence-corrected chi connectivity index (χ3v) is 2.36. The van der Waals surface area contributed by atoms with Gasteiger partial charge in [0.15, 0.2) is 11.5 Å². The van der Waals surface area contributed by atoms with Crippen LogP contribution in [0.1, 0.15) is 15.9 Å². The number of phenols is 1. The van der Waals surface area contributed by atoms with Gasteiger partial charge in [0, 0.05) is 0 Å². The van der Waals surface area contributed by atoms with E-state index in [0.29, 0.717) is 5.56 Å². The van der Waals surface area contributed by atoms with Crippen molar-refractivity contribution in [3.63, 3.8) is 0 Å². The van der Waals surface area contributed by atoms with Gasteiger partial charge in [-0.15, -0.1) is 0 Å². The fraction of sp³-hybridized carbons (Fsp3) is 0.0714. The average Bonchev–Trinajstić information content (AvgIpc) is 2.33. The van der Waals surface area contributed by atoms with Gasteiger partial charge in [-0.2, -0.15) is 0 Å². The highest BCUT2D eigenvalue weighted by molar-refractivity contribution is 5.91. The zero-order chi connectivity index (χ0) is 12.3. The number of carbonyl (C=O) groups is 1. The molecule has 0 aromatic heterocycles. The molecule has 17 heavy (non-hydrogen) atoms. The van der Waals surface area contributed by atoms with Gasteiger partial charge in [-0.1, -0.05) is 29.8 Å². The molecule has 3 heteroatoms. The number of aryl methyl sites for hydroxylation is 1. The highest BCUT2D eigenvalue weighted by atomic mass is 16.5.